The first-order valence-electron chi connectivity index (χ1n) is 7.62. The molecule has 7 nitrogen and oxygen atoms in total. The zero-order chi connectivity index (χ0) is 18.1. The smallest absolute Gasteiger partial charge is 0.211 e. The van der Waals surface area contributed by atoms with E-state index in [9.17, 15) is 20.1 Å². The molecule has 0 radical (unpaired) electrons. The van der Waals surface area contributed by atoms with E-state index in [4.69, 9.17) is 14.2 Å². The van der Waals surface area contributed by atoms with Crippen LogP contribution in [-0.4, -0.2) is 41.9 Å². The van der Waals surface area contributed by atoms with Gasteiger partial charge in [-0.1, -0.05) is 12.1 Å². The number of phenols is 3. The van der Waals surface area contributed by atoms with Gasteiger partial charge in [0.1, 0.15) is 11.3 Å². The topological polar surface area (TPSA) is 105 Å². The quantitative estimate of drug-likeness (QED) is 0.729. The second kappa shape index (κ2) is 6.43. The molecule has 0 amide bonds. The van der Waals surface area contributed by atoms with E-state index in [0.717, 1.165) is 5.56 Å². The SMILES string of the molecule is COc1c(O)c(O)c2c(c1OC)OCC(Cc1ccc(O)cc1)C2=O. The third-order valence-corrected chi connectivity index (χ3v) is 4.19. The number of aromatic hydroxyl groups is 3. The molecule has 1 aliphatic rings. The first-order chi connectivity index (χ1) is 12.0. The molecule has 1 aliphatic heterocycles. The minimum atomic E-state index is -0.590. The summed E-state index contributed by atoms with van der Waals surface area (Å²) in [5.74, 6) is -1.90. The van der Waals surface area contributed by atoms with E-state index >= 15 is 0 Å². The van der Waals surface area contributed by atoms with Crippen molar-refractivity contribution in [2.45, 2.75) is 6.42 Å². The lowest BCUT2D eigenvalue weighted by molar-refractivity contribution is 0.0818. The average molecular weight is 346 g/mol. The molecule has 25 heavy (non-hydrogen) atoms. The average Bonchev–Trinajstić information content (AvgIpc) is 2.61. The highest BCUT2D eigenvalue weighted by molar-refractivity contribution is 6.06. The molecule has 0 fully saturated rings. The summed E-state index contributed by atoms with van der Waals surface area (Å²) in [6, 6.07) is 6.50. The zero-order valence-corrected chi connectivity index (χ0v) is 13.8. The van der Waals surface area contributed by atoms with Crippen molar-refractivity contribution in [1.82, 2.24) is 0 Å². The van der Waals surface area contributed by atoms with E-state index in [2.05, 4.69) is 0 Å². The van der Waals surface area contributed by atoms with Gasteiger partial charge in [-0.25, -0.2) is 0 Å². The maximum Gasteiger partial charge on any atom is 0.211 e. The van der Waals surface area contributed by atoms with Crippen molar-refractivity contribution in [2.24, 2.45) is 5.92 Å². The van der Waals surface area contributed by atoms with Gasteiger partial charge in [-0.2, -0.15) is 0 Å². The summed E-state index contributed by atoms with van der Waals surface area (Å²) >= 11 is 0. The number of fused-ring (bicyclic) bond motifs is 1. The van der Waals surface area contributed by atoms with Crippen LogP contribution < -0.4 is 14.2 Å². The van der Waals surface area contributed by atoms with Gasteiger partial charge >= 0.3 is 0 Å². The number of carbonyl (C=O) groups is 1. The van der Waals surface area contributed by atoms with Crippen LogP contribution in [0, 0.1) is 5.92 Å². The van der Waals surface area contributed by atoms with E-state index in [-0.39, 0.29) is 41.0 Å². The Hall–Kier alpha value is -3.09. The number of phenolic OH excluding ortho intramolecular Hbond substituents is 3. The predicted molar refractivity (Wildman–Crippen MR) is 88.0 cm³/mol. The first kappa shape index (κ1) is 16.8. The number of hydrogen-bond acceptors (Lipinski definition) is 7. The molecule has 0 spiro atoms. The Balaban J connectivity index is 2.00. The van der Waals surface area contributed by atoms with Crippen molar-refractivity contribution >= 4 is 5.78 Å². The zero-order valence-electron chi connectivity index (χ0n) is 13.8. The van der Waals surface area contributed by atoms with Crippen LogP contribution in [0.1, 0.15) is 15.9 Å². The lowest BCUT2D eigenvalue weighted by atomic mass is 9.88. The fourth-order valence-electron chi connectivity index (χ4n) is 2.93. The molecular weight excluding hydrogens is 328 g/mol. The Bertz CT molecular complexity index is 811. The number of ether oxygens (including phenoxy) is 3. The van der Waals surface area contributed by atoms with Gasteiger partial charge in [0.05, 0.1) is 26.7 Å². The van der Waals surface area contributed by atoms with E-state index in [1.165, 1.54) is 26.4 Å². The van der Waals surface area contributed by atoms with Crippen LogP contribution in [0.25, 0.3) is 0 Å². The second-order valence-electron chi connectivity index (χ2n) is 5.71. The maximum absolute atomic E-state index is 12.8. The number of methoxy groups -OCH3 is 2. The molecule has 132 valence electrons. The normalized spacial score (nSPS) is 16.1. The summed E-state index contributed by atoms with van der Waals surface area (Å²) in [5, 5.41) is 29.7. The van der Waals surface area contributed by atoms with Crippen LogP contribution in [0.3, 0.4) is 0 Å². The second-order valence-corrected chi connectivity index (χ2v) is 5.71. The van der Waals surface area contributed by atoms with Gasteiger partial charge < -0.3 is 29.5 Å². The summed E-state index contributed by atoms with van der Waals surface area (Å²) in [6.07, 6.45) is 0.368. The Morgan fingerprint density at radius 2 is 1.68 bits per heavy atom. The molecule has 3 N–H and O–H groups in total. The van der Waals surface area contributed by atoms with Crippen LogP contribution in [0.15, 0.2) is 24.3 Å². The minimum absolute atomic E-state index is 0.0570. The van der Waals surface area contributed by atoms with Crippen molar-refractivity contribution in [3.8, 4) is 34.5 Å². The summed E-state index contributed by atoms with van der Waals surface area (Å²) in [5.41, 5.74) is 0.720. The van der Waals surface area contributed by atoms with Crippen molar-refractivity contribution < 1.29 is 34.3 Å². The van der Waals surface area contributed by atoms with Crippen LogP contribution in [0.2, 0.25) is 0 Å². The summed E-state index contributed by atoms with van der Waals surface area (Å²) in [7, 11) is 2.66. The van der Waals surface area contributed by atoms with Crippen LogP contribution in [0.5, 0.6) is 34.5 Å². The van der Waals surface area contributed by atoms with Gasteiger partial charge in [-0.15, -0.1) is 0 Å². The molecular formula is C18H18O7. The first-order valence-corrected chi connectivity index (χ1v) is 7.62. The van der Waals surface area contributed by atoms with Crippen molar-refractivity contribution in [3.05, 3.63) is 35.4 Å². The number of Topliss-reactive ketones (excluding diaryl/α,β-unsaturated/α-hetero) is 1. The number of benzene rings is 2. The maximum atomic E-state index is 12.8. The molecule has 2 aromatic rings. The number of rotatable bonds is 4. The Labute approximate surface area is 144 Å². The Kier molecular flexibility index (Phi) is 4.31. The van der Waals surface area contributed by atoms with Crippen molar-refractivity contribution in [3.63, 3.8) is 0 Å². The van der Waals surface area contributed by atoms with E-state index in [1.807, 2.05) is 0 Å². The van der Waals surface area contributed by atoms with Gasteiger partial charge in [-0.3, -0.25) is 4.79 Å². The Morgan fingerprint density at radius 1 is 1.04 bits per heavy atom. The fourth-order valence-corrected chi connectivity index (χ4v) is 2.93. The summed E-state index contributed by atoms with van der Waals surface area (Å²) in [6.45, 7) is 0.0937. The highest BCUT2D eigenvalue weighted by Crippen LogP contribution is 2.54. The predicted octanol–water partition coefficient (Wildman–Crippen LogP) is 2.25. The van der Waals surface area contributed by atoms with E-state index in [0.29, 0.717) is 6.42 Å². The molecule has 0 bridgehead atoms. The lowest BCUT2D eigenvalue weighted by Crippen LogP contribution is -2.30. The highest BCUT2D eigenvalue weighted by atomic mass is 16.5. The monoisotopic (exact) mass is 346 g/mol. The molecule has 0 aromatic heterocycles. The third kappa shape index (κ3) is 2.77. The highest BCUT2D eigenvalue weighted by Gasteiger charge is 2.37. The molecule has 0 saturated heterocycles. The summed E-state index contributed by atoms with van der Waals surface area (Å²) in [4.78, 5) is 12.8. The summed E-state index contributed by atoms with van der Waals surface area (Å²) < 4.78 is 15.9. The van der Waals surface area contributed by atoms with Gasteiger partial charge in [-0.05, 0) is 24.1 Å². The Morgan fingerprint density at radius 3 is 2.28 bits per heavy atom. The van der Waals surface area contributed by atoms with Crippen LogP contribution in [-0.2, 0) is 6.42 Å². The van der Waals surface area contributed by atoms with Gasteiger partial charge in [0.2, 0.25) is 17.2 Å². The van der Waals surface area contributed by atoms with Crippen molar-refractivity contribution in [1.29, 1.82) is 0 Å². The molecule has 2 aromatic carbocycles. The molecule has 3 rings (SSSR count). The molecule has 7 heteroatoms. The number of ketones is 1. The number of hydrogen-bond donors (Lipinski definition) is 3. The number of carbonyl (C=O) groups excluding carboxylic acids is 1. The van der Waals surface area contributed by atoms with Gasteiger partial charge in [0, 0.05) is 0 Å². The van der Waals surface area contributed by atoms with E-state index in [1.54, 1.807) is 12.1 Å². The molecule has 1 atom stereocenters. The standard InChI is InChI=1S/C18H18O7/c1-23-17-15(22)14(21)12-13(20)10(8-25-16(12)18(17)24-2)7-9-3-5-11(19)6-4-9/h3-6,10,19,21-22H,7-8H2,1-2H3. The third-order valence-electron chi connectivity index (χ3n) is 4.19. The van der Waals surface area contributed by atoms with Crippen LogP contribution in [0.4, 0.5) is 0 Å². The minimum Gasteiger partial charge on any atom is -0.508 e. The molecule has 0 saturated carbocycles. The van der Waals surface area contributed by atoms with Gasteiger partial charge in [0.25, 0.3) is 0 Å². The molecule has 1 heterocycles. The van der Waals surface area contributed by atoms with Gasteiger partial charge in [0.15, 0.2) is 17.3 Å². The fraction of sp³-hybridized carbons (Fsp3) is 0.278. The molecule has 1 unspecified atom stereocenters. The lowest BCUT2D eigenvalue weighted by Gasteiger charge is -2.27. The van der Waals surface area contributed by atoms with Crippen LogP contribution >= 0.6 is 0 Å². The van der Waals surface area contributed by atoms with E-state index < -0.39 is 17.4 Å². The largest absolute Gasteiger partial charge is 0.508 e. The van der Waals surface area contributed by atoms with Crippen molar-refractivity contribution in [2.75, 3.05) is 20.8 Å². The molecule has 0 aliphatic carbocycles.